The van der Waals surface area contributed by atoms with Gasteiger partial charge in [0.1, 0.15) is 5.82 Å². The zero-order valence-corrected chi connectivity index (χ0v) is 11.7. The summed E-state index contributed by atoms with van der Waals surface area (Å²) < 4.78 is 7.79. The highest BCUT2D eigenvalue weighted by Gasteiger charge is 2.28. The number of ether oxygens (including phenoxy) is 1. The average Bonchev–Trinajstić information content (AvgIpc) is 3.11. The van der Waals surface area contributed by atoms with Crippen LogP contribution < -0.4 is 5.32 Å². The Morgan fingerprint density at radius 2 is 2.50 bits per heavy atom. The second kappa shape index (κ2) is 6.19. The minimum atomic E-state index is 0.154. The third-order valence-corrected chi connectivity index (χ3v) is 3.75. The van der Waals surface area contributed by atoms with Crippen molar-refractivity contribution >= 4 is 0 Å². The maximum atomic E-state index is 5.96. The first kappa shape index (κ1) is 13.3. The van der Waals surface area contributed by atoms with Crippen LogP contribution in [0.1, 0.15) is 30.3 Å². The number of aryl methyl sites for hydroxylation is 1. The quantitative estimate of drug-likeness (QED) is 0.865. The minimum absolute atomic E-state index is 0.154. The molecule has 1 aliphatic heterocycles. The van der Waals surface area contributed by atoms with E-state index in [0.29, 0.717) is 5.92 Å². The van der Waals surface area contributed by atoms with E-state index in [4.69, 9.17) is 4.74 Å². The molecule has 6 heteroatoms. The lowest BCUT2D eigenvalue weighted by Gasteiger charge is -2.31. The fourth-order valence-electron chi connectivity index (χ4n) is 2.78. The summed E-state index contributed by atoms with van der Waals surface area (Å²) in [6.07, 6.45) is 10.1. The zero-order valence-electron chi connectivity index (χ0n) is 11.7. The summed E-state index contributed by atoms with van der Waals surface area (Å²) in [5.74, 6) is 1.46. The Labute approximate surface area is 118 Å². The van der Waals surface area contributed by atoms with Crippen molar-refractivity contribution < 1.29 is 4.74 Å². The van der Waals surface area contributed by atoms with Gasteiger partial charge in [0.05, 0.1) is 18.8 Å². The Kier molecular flexibility index (Phi) is 4.13. The molecule has 0 aromatic carbocycles. The molecule has 108 valence electrons. The molecule has 0 amide bonds. The standard InChI is InChI=1S/C14H21N5O/c1-19-10-12(8-18-19)14-11(3-2-6-20-14)7-15-9-13-16-4-5-17-13/h4-5,8,10-11,14-15H,2-3,6-7,9H2,1H3,(H,16,17)/t11-,14+/m0/s1. The molecule has 2 atom stereocenters. The van der Waals surface area contributed by atoms with E-state index in [1.54, 1.807) is 6.20 Å². The summed E-state index contributed by atoms with van der Waals surface area (Å²) in [4.78, 5) is 7.32. The molecule has 0 unspecified atom stereocenters. The number of H-pyrrole nitrogens is 1. The van der Waals surface area contributed by atoms with Gasteiger partial charge in [-0.3, -0.25) is 4.68 Å². The lowest BCUT2D eigenvalue weighted by atomic mass is 9.91. The van der Waals surface area contributed by atoms with Gasteiger partial charge in [-0.25, -0.2) is 4.98 Å². The molecule has 2 aromatic heterocycles. The van der Waals surface area contributed by atoms with Crippen molar-refractivity contribution in [2.45, 2.75) is 25.5 Å². The monoisotopic (exact) mass is 275 g/mol. The maximum absolute atomic E-state index is 5.96. The lowest BCUT2D eigenvalue weighted by Crippen LogP contribution is -2.31. The van der Waals surface area contributed by atoms with E-state index in [-0.39, 0.29) is 6.10 Å². The van der Waals surface area contributed by atoms with Crippen molar-refractivity contribution in [2.75, 3.05) is 13.2 Å². The first-order chi connectivity index (χ1) is 9.83. The Balaban J connectivity index is 1.58. The van der Waals surface area contributed by atoms with Crippen molar-refractivity contribution in [2.24, 2.45) is 13.0 Å². The van der Waals surface area contributed by atoms with Crippen LogP contribution >= 0.6 is 0 Å². The first-order valence-electron chi connectivity index (χ1n) is 7.12. The second-order valence-corrected chi connectivity index (χ2v) is 5.31. The second-order valence-electron chi connectivity index (χ2n) is 5.31. The number of hydrogen-bond acceptors (Lipinski definition) is 4. The molecule has 20 heavy (non-hydrogen) atoms. The van der Waals surface area contributed by atoms with Crippen LogP contribution in [0.25, 0.3) is 0 Å². The van der Waals surface area contributed by atoms with Crippen molar-refractivity contribution in [3.63, 3.8) is 0 Å². The normalized spacial score (nSPS) is 23.1. The Bertz CT molecular complexity index is 521. The van der Waals surface area contributed by atoms with E-state index in [1.807, 2.05) is 24.1 Å². The molecular weight excluding hydrogens is 254 g/mol. The Hall–Kier alpha value is -1.66. The summed E-state index contributed by atoms with van der Waals surface area (Å²) >= 11 is 0. The van der Waals surface area contributed by atoms with Crippen molar-refractivity contribution in [3.05, 3.63) is 36.2 Å². The van der Waals surface area contributed by atoms with Gasteiger partial charge in [-0.15, -0.1) is 0 Å². The van der Waals surface area contributed by atoms with E-state index in [0.717, 1.165) is 31.9 Å². The number of nitrogens with zero attached hydrogens (tertiary/aromatic N) is 3. The van der Waals surface area contributed by atoms with E-state index >= 15 is 0 Å². The molecule has 0 radical (unpaired) electrons. The third-order valence-electron chi connectivity index (χ3n) is 3.75. The van der Waals surface area contributed by atoms with Gasteiger partial charge in [0.25, 0.3) is 0 Å². The molecule has 6 nitrogen and oxygen atoms in total. The van der Waals surface area contributed by atoms with Gasteiger partial charge in [-0.1, -0.05) is 0 Å². The molecule has 3 heterocycles. The number of hydrogen-bond donors (Lipinski definition) is 2. The highest BCUT2D eigenvalue weighted by molar-refractivity contribution is 5.10. The first-order valence-corrected chi connectivity index (χ1v) is 7.12. The number of aromatic nitrogens is 4. The van der Waals surface area contributed by atoms with E-state index in [1.165, 1.54) is 12.0 Å². The van der Waals surface area contributed by atoms with E-state index in [2.05, 4.69) is 26.6 Å². The summed E-state index contributed by atoms with van der Waals surface area (Å²) in [6.45, 7) is 2.54. The van der Waals surface area contributed by atoms with Crippen LogP contribution in [0.3, 0.4) is 0 Å². The van der Waals surface area contributed by atoms with Gasteiger partial charge in [0, 0.05) is 50.3 Å². The van der Waals surface area contributed by atoms with Crippen LogP contribution in [0.4, 0.5) is 0 Å². The van der Waals surface area contributed by atoms with Crippen LogP contribution in [-0.2, 0) is 18.3 Å². The molecule has 3 rings (SSSR count). The molecule has 1 aliphatic rings. The smallest absolute Gasteiger partial charge is 0.120 e. The SMILES string of the molecule is Cn1cc([C@@H]2OCCC[C@H]2CNCc2ncc[nH]2)cn1. The van der Waals surface area contributed by atoms with Gasteiger partial charge < -0.3 is 15.0 Å². The maximum Gasteiger partial charge on any atom is 0.120 e. The third kappa shape index (κ3) is 3.08. The molecule has 2 N–H and O–H groups in total. The highest BCUT2D eigenvalue weighted by Crippen LogP contribution is 2.32. The number of rotatable bonds is 5. The molecule has 0 spiro atoms. The zero-order chi connectivity index (χ0) is 13.8. The van der Waals surface area contributed by atoms with Gasteiger partial charge in [0.2, 0.25) is 0 Å². The van der Waals surface area contributed by atoms with Gasteiger partial charge in [0.15, 0.2) is 0 Å². The Morgan fingerprint density at radius 3 is 3.25 bits per heavy atom. The Morgan fingerprint density at radius 1 is 1.55 bits per heavy atom. The van der Waals surface area contributed by atoms with Gasteiger partial charge in [-0.2, -0.15) is 5.10 Å². The van der Waals surface area contributed by atoms with Crippen LogP contribution in [-0.4, -0.2) is 32.9 Å². The lowest BCUT2D eigenvalue weighted by molar-refractivity contribution is -0.0279. The molecule has 1 fully saturated rings. The largest absolute Gasteiger partial charge is 0.373 e. The van der Waals surface area contributed by atoms with Crippen LogP contribution in [0.5, 0.6) is 0 Å². The molecule has 0 saturated carbocycles. The van der Waals surface area contributed by atoms with E-state index in [9.17, 15) is 0 Å². The number of imidazole rings is 1. The predicted octanol–water partition coefficient (Wildman–Crippen LogP) is 1.40. The summed E-state index contributed by atoms with van der Waals surface area (Å²) in [5, 5.41) is 7.71. The predicted molar refractivity (Wildman–Crippen MR) is 74.9 cm³/mol. The van der Waals surface area contributed by atoms with Crippen molar-refractivity contribution in [3.8, 4) is 0 Å². The van der Waals surface area contributed by atoms with E-state index < -0.39 is 0 Å². The topological polar surface area (TPSA) is 67.8 Å². The molecule has 0 aliphatic carbocycles. The van der Waals surface area contributed by atoms with Crippen molar-refractivity contribution in [1.29, 1.82) is 0 Å². The van der Waals surface area contributed by atoms with Gasteiger partial charge in [-0.05, 0) is 12.8 Å². The highest BCUT2D eigenvalue weighted by atomic mass is 16.5. The summed E-state index contributed by atoms with van der Waals surface area (Å²) in [5.41, 5.74) is 1.18. The number of nitrogens with one attached hydrogen (secondary N) is 2. The number of aromatic amines is 1. The molecule has 1 saturated heterocycles. The van der Waals surface area contributed by atoms with Gasteiger partial charge >= 0.3 is 0 Å². The van der Waals surface area contributed by atoms with Crippen LogP contribution in [0.2, 0.25) is 0 Å². The summed E-state index contributed by atoms with van der Waals surface area (Å²) in [7, 11) is 1.94. The average molecular weight is 275 g/mol. The fourth-order valence-corrected chi connectivity index (χ4v) is 2.78. The van der Waals surface area contributed by atoms with Crippen LogP contribution in [0, 0.1) is 5.92 Å². The minimum Gasteiger partial charge on any atom is -0.373 e. The molecular formula is C14H21N5O. The van der Waals surface area contributed by atoms with Crippen LogP contribution in [0.15, 0.2) is 24.8 Å². The molecule has 2 aromatic rings. The molecule has 0 bridgehead atoms. The summed E-state index contributed by atoms with van der Waals surface area (Å²) in [6, 6.07) is 0. The van der Waals surface area contributed by atoms with Crippen molar-refractivity contribution in [1.82, 2.24) is 25.1 Å². The fraction of sp³-hybridized carbons (Fsp3) is 0.571.